The standard InChI is InChI=1S/C15H25NS2/c1-11(2)15(14-8-5-9-18-14)16-12-6-4-7-13(10-12)17-3/h5,8-9,11-13,15-16H,4,6-7,10H2,1-3H3. The van der Waals surface area contributed by atoms with Crippen LogP contribution in [0.15, 0.2) is 17.5 Å². The highest BCUT2D eigenvalue weighted by Crippen LogP contribution is 2.31. The fourth-order valence-corrected chi connectivity index (χ4v) is 4.62. The maximum Gasteiger partial charge on any atom is 0.0440 e. The Morgan fingerprint density at radius 1 is 1.39 bits per heavy atom. The van der Waals surface area contributed by atoms with Crippen LogP contribution in [-0.4, -0.2) is 17.5 Å². The van der Waals surface area contributed by atoms with Crippen LogP contribution in [0.3, 0.4) is 0 Å². The van der Waals surface area contributed by atoms with Crippen molar-refractivity contribution in [3.8, 4) is 0 Å². The molecule has 2 rings (SSSR count). The first-order valence-corrected chi connectivity index (χ1v) is 9.19. The fourth-order valence-electron chi connectivity index (χ4n) is 2.84. The van der Waals surface area contributed by atoms with Gasteiger partial charge in [0.25, 0.3) is 0 Å². The van der Waals surface area contributed by atoms with Gasteiger partial charge in [-0.05, 0) is 42.9 Å². The number of hydrogen-bond donors (Lipinski definition) is 1. The van der Waals surface area contributed by atoms with Crippen molar-refractivity contribution in [3.63, 3.8) is 0 Å². The van der Waals surface area contributed by atoms with Gasteiger partial charge in [0, 0.05) is 22.2 Å². The lowest BCUT2D eigenvalue weighted by atomic mass is 9.92. The summed E-state index contributed by atoms with van der Waals surface area (Å²) in [5.74, 6) is 0.665. The van der Waals surface area contributed by atoms with Crippen molar-refractivity contribution >= 4 is 23.1 Å². The summed E-state index contributed by atoms with van der Waals surface area (Å²) < 4.78 is 0. The molecule has 1 N–H and O–H groups in total. The lowest BCUT2D eigenvalue weighted by Crippen LogP contribution is -2.39. The summed E-state index contributed by atoms with van der Waals surface area (Å²) in [6, 6.07) is 5.70. The quantitative estimate of drug-likeness (QED) is 0.840. The molecular formula is C15H25NS2. The van der Waals surface area contributed by atoms with E-state index in [0.29, 0.717) is 18.0 Å². The highest BCUT2D eigenvalue weighted by Gasteiger charge is 2.25. The van der Waals surface area contributed by atoms with Gasteiger partial charge in [-0.3, -0.25) is 0 Å². The monoisotopic (exact) mass is 283 g/mol. The first-order chi connectivity index (χ1) is 8.70. The van der Waals surface area contributed by atoms with E-state index < -0.39 is 0 Å². The van der Waals surface area contributed by atoms with Crippen LogP contribution in [0.25, 0.3) is 0 Å². The molecule has 0 aromatic carbocycles. The van der Waals surface area contributed by atoms with Crippen LogP contribution in [-0.2, 0) is 0 Å². The molecular weight excluding hydrogens is 258 g/mol. The van der Waals surface area contributed by atoms with Gasteiger partial charge in [0.05, 0.1) is 0 Å². The zero-order valence-electron chi connectivity index (χ0n) is 11.7. The lowest BCUT2D eigenvalue weighted by Gasteiger charge is -2.33. The third-order valence-corrected chi connectivity index (χ3v) is 5.94. The number of nitrogens with one attached hydrogen (secondary N) is 1. The van der Waals surface area contributed by atoms with Crippen LogP contribution in [0.4, 0.5) is 0 Å². The van der Waals surface area contributed by atoms with Crippen LogP contribution in [0.1, 0.15) is 50.4 Å². The normalized spacial score (nSPS) is 26.4. The van der Waals surface area contributed by atoms with Gasteiger partial charge in [-0.1, -0.05) is 26.3 Å². The number of thiophene rings is 1. The molecule has 1 nitrogen and oxygen atoms in total. The summed E-state index contributed by atoms with van der Waals surface area (Å²) in [6.45, 7) is 4.65. The second-order valence-electron chi connectivity index (χ2n) is 5.63. The molecule has 1 aromatic rings. The van der Waals surface area contributed by atoms with Gasteiger partial charge in [0.1, 0.15) is 0 Å². The summed E-state index contributed by atoms with van der Waals surface area (Å²) in [5, 5.41) is 6.98. The first kappa shape index (κ1) is 14.4. The summed E-state index contributed by atoms with van der Waals surface area (Å²) in [4.78, 5) is 1.50. The van der Waals surface area contributed by atoms with E-state index in [0.717, 1.165) is 5.25 Å². The van der Waals surface area contributed by atoms with E-state index in [4.69, 9.17) is 0 Å². The van der Waals surface area contributed by atoms with Gasteiger partial charge >= 0.3 is 0 Å². The number of hydrogen-bond acceptors (Lipinski definition) is 3. The molecule has 18 heavy (non-hydrogen) atoms. The smallest absolute Gasteiger partial charge is 0.0440 e. The highest BCUT2D eigenvalue weighted by molar-refractivity contribution is 7.99. The van der Waals surface area contributed by atoms with Gasteiger partial charge in [0.2, 0.25) is 0 Å². The average Bonchev–Trinajstić information content (AvgIpc) is 2.89. The van der Waals surface area contributed by atoms with Gasteiger partial charge in [-0.15, -0.1) is 11.3 Å². The van der Waals surface area contributed by atoms with Crippen molar-refractivity contribution in [1.29, 1.82) is 0 Å². The molecule has 1 aliphatic rings. The molecule has 0 saturated heterocycles. The predicted molar refractivity (Wildman–Crippen MR) is 84.6 cm³/mol. The minimum absolute atomic E-state index is 0.538. The molecule has 102 valence electrons. The molecule has 3 atom stereocenters. The van der Waals surface area contributed by atoms with Crippen LogP contribution in [0.2, 0.25) is 0 Å². The molecule has 1 aliphatic carbocycles. The zero-order valence-corrected chi connectivity index (χ0v) is 13.3. The van der Waals surface area contributed by atoms with Crippen molar-refractivity contribution in [2.45, 2.75) is 56.9 Å². The van der Waals surface area contributed by atoms with Crippen molar-refractivity contribution in [2.75, 3.05) is 6.26 Å². The van der Waals surface area contributed by atoms with Crippen LogP contribution in [0.5, 0.6) is 0 Å². The van der Waals surface area contributed by atoms with Gasteiger partial charge in [-0.25, -0.2) is 0 Å². The van der Waals surface area contributed by atoms with Crippen LogP contribution >= 0.6 is 23.1 Å². The van der Waals surface area contributed by atoms with E-state index in [1.54, 1.807) is 0 Å². The van der Waals surface area contributed by atoms with Gasteiger partial charge in [0.15, 0.2) is 0 Å². The maximum atomic E-state index is 3.92. The first-order valence-electron chi connectivity index (χ1n) is 7.03. The van der Waals surface area contributed by atoms with Gasteiger partial charge < -0.3 is 5.32 Å². The highest BCUT2D eigenvalue weighted by atomic mass is 32.2. The molecule has 1 fully saturated rings. The van der Waals surface area contributed by atoms with E-state index in [9.17, 15) is 0 Å². The SMILES string of the molecule is CSC1CCCC(NC(c2cccs2)C(C)C)C1. The van der Waals surface area contributed by atoms with Crippen LogP contribution in [0, 0.1) is 5.92 Å². The average molecular weight is 284 g/mol. The Bertz CT molecular complexity index is 334. The molecule has 1 aromatic heterocycles. The van der Waals surface area contributed by atoms with E-state index in [1.807, 2.05) is 23.1 Å². The second kappa shape index (κ2) is 6.97. The Kier molecular flexibility index (Phi) is 5.58. The zero-order chi connectivity index (χ0) is 13.0. The Morgan fingerprint density at radius 3 is 2.83 bits per heavy atom. The van der Waals surface area contributed by atoms with E-state index in [1.165, 1.54) is 30.6 Å². The third kappa shape index (κ3) is 3.75. The summed E-state index contributed by atoms with van der Waals surface area (Å²) in [7, 11) is 0. The molecule has 0 radical (unpaired) electrons. The topological polar surface area (TPSA) is 12.0 Å². The minimum Gasteiger partial charge on any atom is -0.306 e. The predicted octanol–water partition coefficient (Wildman–Crippen LogP) is 4.71. The lowest BCUT2D eigenvalue weighted by molar-refractivity contribution is 0.307. The van der Waals surface area contributed by atoms with Gasteiger partial charge in [-0.2, -0.15) is 11.8 Å². The number of thioether (sulfide) groups is 1. The minimum atomic E-state index is 0.538. The molecule has 0 amide bonds. The Balaban J connectivity index is 1.97. The maximum absolute atomic E-state index is 3.92. The van der Waals surface area contributed by atoms with Crippen molar-refractivity contribution in [1.82, 2.24) is 5.32 Å². The Labute approximate surface area is 120 Å². The van der Waals surface area contributed by atoms with E-state index >= 15 is 0 Å². The molecule has 0 bridgehead atoms. The second-order valence-corrected chi connectivity index (χ2v) is 7.74. The van der Waals surface area contributed by atoms with E-state index in [-0.39, 0.29) is 0 Å². The molecule has 1 heterocycles. The molecule has 3 unspecified atom stereocenters. The summed E-state index contributed by atoms with van der Waals surface area (Å²) >= 11 is 3.93. The number of rotatable bonds is 5. The summed E-state index contributed by atoms with van der Waals surface area (Å²) in [6.07, 6.45) is 7.75. The van der Waals surface area contributed by atoms with Crippen molar-refractivity contribution in [3.05, 3.63) is 22.4 Å². The van der Waals surface area contributed by atoms with E-state index in [2.05, 4.69) is 42.9 Å². The molecule has 3 heteroatoms. The summed E-state index contributed by atoms with van der Waals surface area (Å²) in [5.41, 5.74) is 0. The van der Waals surface area contributed by atoms with Crippen molar-refractivity contribution < 1.29 is 0 Å². The Morgan fingerprint density at radius 2 is 2.22 bits per heavy atom. The van der Waals surface area contributed by atoms with Crippen molar-refractivity contribution in [2.24, 2.45) is 5.92 Å². The molecule has 0 spiro atoms. The fraction of sp³-hybridized carbons (Fsp3) is 0.733. The molecule has 1 saturated carbocycles. The largest absolute Gasteiger partial charge is 0.306 e. The molecule has 0 aliphatic heterocycles. The Hall–Kier alpha value is 0.01000. The third-order valence-electron chi connectivity index (χ3n) is 3.89. The van der Waals surface area contributed by atoms with Crippen LogP contribution < -0.4 is 5.32 Å².